The number of nitrogens with one attached hydrogen (secondary N) is 1. The van der Waals surface area contributed by atoms with Gasteiger partial charge in [-0.15, -0.1) is 0 Å². The van der Waals surface area contributed by atoms with E-state index < -0.39 is 17.9 Å². The van der Waals surface area contributed by atoms with Gasteiger partial charge in [-0.1, -0.05) is 13.3 Å². The predicted octanol–water partition coefficient (Wildman–Crippen LogP) is 2.88. The molecule has 9 heteroatoms. The molecule has 0 amide bonds. The fraction of sp³-hybridized carbons (Fsp3) is 0.640. The number of ether oxygens (including phenoxy) is 4. The van der Waals surface area contributed by atoms with Gasteiger partial charge >= 0.3 is 0 Å². The van der Waals surface area contributed by atoms with Crippen molar-refractivity contribution < 1.29 is 28.8 Å². The highest BCUT2D eigenvalue weighted by Crippen LogP contribution is 2.62. The Balaban J connectivity index is 1.62. The van der Waals surface area contributed by atoms with Crippen molar-refractivity contribution in [1.82, 2.24) is 4.90 Å². The van der Waals surface area contributed by atoms with Crippen LogP contribution in [0.3, 0.4) is 0 Å². The topological polar surface area (TPSA) is 89.5 Å². The van der Waals surface area contributed by atoms with Crippen LogP contribution in [0.4, 0.5) is 5.69 Å². The van der Waals surface area contributed by atoms with Crippen molar-refractivity contribution in [3.8, 4) is 5.75 Å². The van der Waals surface area contributed by atoms with Crippen LogP contribution in [-0.2, 0) is 24.6 Å². The smallest absolute Gasteiger partial charge is 0.188 e. The molecule has 4 aliphatic heterocycles. The number of aliphatic hydroxyl groups is 1. The molecule has 1 aromatic rings. The SMILES string of the molecule is CC[C@@H]1CN2CC[C@@]34OCCO[C@@]3(Nc3c(I)ccc(OC)c34)[C@@H]2C[C@@H]1/C(=C\OC)C(=O)CO. The standard InChI is InChI=1S/C25H33IN2O6/c1-4-15-12-28-8-7-24-22-20(32-3)6-5-18(26)23(22)27-25(24,34-10-9-33-24)21(28)11-16(15)17(14-31-2)19(30)13-29/h5-6,14-16,21,27,29H,4,7-13H2,1-3H3/b17-14+/t15-,16+,21+,24+,25+/m1/s1. The summed E-state index contributed by atoms with van der Waals surface area (Å²) in [6, 6.07) is 4.03. The lowest BCUT2D eigenvalue weighted by Crippen LogP contribution is -2.75. The van der Waals surface area contributed by atoms with E-state index in [2.05, 4.69) is 45.8 Å². The van der Waals surface area contributed by atoms with E-state index in [4.69, 9.17) is 18.9 Å². The minimum atomic E-state index is -0.794. The van der Waals surface area contributed by atoms with Crippen LogP contribution in [0.1, 0.15) is 31.7 Å². The lowest BCUT2D eigenvalue weighted by molar-refractivity contribution is -0.297. The molecular weight excluding hydrogens is 551 g/mol. The molecular formula is C25H33IN2O6. The highest BCUT2D eigenvalue weighted by molar-refractivity contribution is 14.1. The number of benzene rings is 1. The van der Waals surface area contributed by atoms with Crippen LogP contribution < -0.4 is 10.1 Å². The number of halogens is 1. The molecule has 8 nitrogen and oxygen atoms in total. The van der Waals surface area contributed by atoms with E-state index in [-0.39, 0.29) is 23.7 Å². The lowest BCUT2D eigenvalue weighted by Gasteiger charge is -2.61. The number of hydrogen-bond donors (Lipinski definition) is 2. The number of aliphatic hydroxyl groups excluding tert-OH is 1. The van der Waals surface area contributed by atoms with E-state index in [1.165, 1.54) is 6.26 Å². The normalized spacial score (nSPS) is 34.9. The number of Topliss-reactive ketones (excluding diaryl/α,β-unsaturated/α-hetero) is 1. The quantitative estimate of drug-likeness (QED) is 0.300. The first-order valence-corrected chi connectivity index (χ1v) is 13.1. The van der Waals surface area contributed by atoms with Crippen molar-refractivity contribution in [2.75, 3.05) is 52.4 Å². The number of piperidine rings is 2. The lowest BCUT2D eigenvalue weighted by atomic mass is 9.66. The molecule has 3 saturated heterocycles. The predicted molar refractivity (Wildman–Crippen MR) is 135 cm³/mol. The Morgan fingerprint density at radius 2 is 2.15 bits per heavy atom. The van der Waals surface area contributed by atoms with Crippen molar-refractivity contribution in [3.05, 3.63) is 33.1 Å². The van der Waals surface area contributed by atoms with Crippen molar-refractivity contribution >= 4 is 34.1 Å². The molecule has 0 aromatic heterocycles. The van der Waals surface area contributed by atoms with Gasteiger partial charge in [-0.2, -0.15) is 0 Å². The number of fused-ring (bicyclic) bond motifs is 2. The minimum Gasteiger partial charge on any atom is -0.504 e. The van der Waals surface area contributed by atoms with Gasteiger partial charge in [0.15, 0.2) is 11.5 Å². The largest absolute Gasteiger partial charge is 0.504 e. The number of ketones is 1. The van der Waals surface area contributed by atoms with Crippen molar-refractivity contribution in [2.45, 2.75) is 43.6 Å². The van der Waals surface area contributed by atoms with Gasteiger partial charge in [0.1, 0.15) is 18.0 Å². The van der Waals surface area contributed by atoms with Crippen molar-refractivity contribution in [2.24, 2.45) is 11.8 Å². The van der Waals surface area contributed by atoms with Crippen molar-refractivity contribution in [3.63, 3.8) is 0 Å². The van der Waals surface area contributed by atoms with E-state index in [1.54, 1.807) is 14.2 Å². The average Bonchev–Trinajstić information content (AvgIpc) is 3.20. The van der Waals surface area contributed by atoms with Crippen LogP contribution in [-0.4, -0.2) is 74.7 Å². The molecule has 3 fully saturated rings. The fourth-order valence-corrected chi connectivity index (χ4v) is 7.37. The van der Waals surface area contributed by atoms with E-state index in [0.29, 0.717) is 25.2 Å². The first kappa shape index (κ1) is 24.3. The van der Waals surface area contributed by atoms with E-state index >= 15 is 0 Å². The number of methoxy groups -OCH3 is 2. The summed E-state index contributed by atoms with van der Waals surface area (Å²) in [4.78, 5) is 15.2. The number of rotatable bonds is 6. The number of carbonyl (C=O) groups is 1. The van der Waals surface area contributed by atoms with E-state index in [9.17, 15) is 9.90 Å². The van der Waals surface area contributed by atoms with Crippen LogP contribution in [0.15, 0.2) is 24.0 Å². The second-order valence-corrected chi connectivity index (χ2v) is 10.7. The summed E-state index contributed by atoms with van der Waals surface area (Å²) in [7, 11) is 3.25. The van der Waals surface area contributed by atoms with E-state index in [1.807, 2.05) is 6.07 Å². The number of nitrogens with zero attached hydrogens (tertiary/aromatic N) is 1. The Labute approximate surface area is 214 Å². The third-order valence-corrected chi connectivity index (χ3v) is 9.12. The molecule has 0 unspecified atom stereocenters. The molecule has 0 saturated carbocycles. The summed E-state index contributed by atoms with van der Waals surface area (Å²) in [6.07, 6.45) is 3.95. The molecule has 186 valence electrons. The van der Waals surface area contributed by atoms with Gasteiger partial charge in [0.2, 0.25) is 0 Å². The highest BCUT2D eigenvalue weighted by Gasteiger charge is 2.70. The molecule has 4 heterocycles. The molecule has 34 heavy (non-hydrogen) atoms. The van der Waals surface area contributed by atoms with Gasteiger partial charge in [-0.25, -0.2) is 0 Å². The molecule has 0 bridgehead atoms. The highest BCUT2D eigenvalue weighted by atomic mass is 127. The molecule has 5 atom stereocenters. The zero-order chi connectivity index (χ0) is 24.1. The maximum Gasteiger partial charge on any atom is 0.188 e. The monoisotopic (exact) mass is 584 g/mol. The second kappa shape index (κ2) is 9.24. The maximum absolute atomic E-state index is 12.7. The average molecular weight is 584 g/mol. The molecule has 5 rings (SSSR count). The first-order chi connectivity index (χ1) is 16.5. The van der Waals surface area contributed by atoms with Gasteiger partial charge in [-0.3, -0.25) is 9.69 Å². The second-order valence-electron chi connectivity index (χ2n) is 9.55. The maximum atomic E-state index is 12.7. The number of carbonyl (C=O) groups excluding carboxylic acids is 1. The van der Waals surface area contributed by atoms with E-state index in [0.717, 1.165) is 46.5 Å². The van der Waals surface area contributed by atoms with Crippen LogP contribution >= 0.6 is 22.6 Å². The molecule has 0 radical (unpaired) electrons. The first-order valence-electron chi connectivity index (χ1n) is 12.0. The van der Waals surface area contributed by atoms with Crippen LogP contribution in [0, 0.1) is 15.4 Å². The van der Waals surface area contributed by atoms with Gasteiger partial charge < -0.3 is 29.4 Å². The zero-order valence-electron chi connectivity index (χ0n) is 19.9. The third kappa shape index (κ3) is 3.34. The summed E-state index contributed by atoms with van der Waals surface area (Å²) < 4.78 is 25.6. The summed E-state index contributed by atoms with van der Waals surface area (Å²) in [6.45, 7) is 4.36. The Kier molecular flexibility index (Phi) is 6.60. The third-order valence-electron chi connectivity index (χ3n) is 8.22. The molecule has 0 aliphatic carbocycles. The Morgan fingerprint density at radius 3 is 2.85 bits per heavy atom. The molecule has 4 aliphatic rings. The van der Waals surface area contributed by atoms with Crippen LogP contribution in [0.25, 0.3) is 0 Å². The van der Waals surface area contributed by atoms with Gasteiger partial charge in [0, 0.05) is 22.2 Å². The van der Waals surface area contributed by atoms with Gasteiger partial charge in [0.25, 0.3) is 0 Å². The number of hydrogen-bond acceptors (Lipinski definition) is 8. The summed E-state index contributed by atoms with van der Waals surface area (Å²) in [5.41, 5.74) is 1.14. The fourth-order valence-electron chi connectivity index (χ4n) is 6.79. The van der Waals surface area contributed by atoms with Crippen LogP contribution in [0.5, 0.6) is 5.75 Å². The number of anilines is 1. The minimum absolute atomic E-state index is 0.0333. The Bertz CT molecular complexity index is 1000. The Hall–Kier alpha value is -1.40. The van der Waals surface area contributed by atoms with Gasteiger partial charge in [0.05, 0.1) is 51.0 Å². The molecule has 1 aromatic carbocycles. The zero-order valence-corrected chi connectivity index (χ0v) is 22.1. The summed E-state index contributed by atoms with van der Waals surface area (Å²) in [5.74, 6) is 0.754. The summed E-state index contributed by atoms with van der Waals surface area (Å²) >= 11 is 2.35. The molecule has 0 spiro atoms. The summed E-state index contributed by atoms with van der Waals surface area (Å²) in [5, 5.41) is 13.5. The van der Waals surface area contributed by atoms with Crippen molar-refractivity contribution in [1.29, 1.82) is 0 Å². The Morgan fingerprint density at radius 1 is 1.35 bits per heavy atom. The molecule has 2 N–H and O–H groups in total. The van der Waals surface area contributed by atoms with Gasteiger partial charge in [-0.05, 0) is 59.4 Å². The van der Waals surface area contributed by atoms with Crippen LogP contribution in [0.2, 0.25) is 0 Å².